The van der Waals surface area contributed by atoms with Gasteiger partial charge in [0.1, 0.15) is 4.90 Å². The van der Waals surface area contributed by atoms with E-state index in [4.69, 9.17) is 0 Å². The van der Waals surface area contributed by atoms with Gasteiger partial charge in [-0.05, 0) is 34.7 Å². The monoisotopic (exact) mass is 352 g/mol. The van der Waals surface area contributed by atoms with Gasteiger partial charge in [0.25, 0.3) is 10.1 Å². The molecule has 3 aromatic carbocycles. The van der Waals surface area contributed by atoms with Gasteiger partial charge in [0, 0.05) is 5.39 Å². The van der Waals surface area contributed by atoms with Gasteiger partial charge in [-0.2, -0.15) is 21.6 Å². The smallest absolute Gasteiger partial charge is 0.282 e. The van der Waals surface area contributed by atoms with E-state index in [1.807, 2.05) is 0 Å². The van der Waals surface area contributed by atoms with Gasteiger partial charge >= 0.3 is 6.18 Å². The van der Waals surface area contributed by atoms with Crippen molar-refractivity contribution in [2.45, 2.75) is 11.1 Å². The molecule has 0 heterocycles. The lowest BCUT2D eigenvalue weighted by Gasteiger charge is -2.11. The van der Waals surface area contributed by atoms with E-state index in [9.17, 15) is 26.1 Å². The summed E-state index contributed by atoms with van der Waals surface area (Å²) in [6, 6.07) is 13.8. The predicted octanol–water partition coefficient (Wildman–Crippen LogP) is 4.77. The van der Waals surface area contributed by atoms with Crippen LogP contribution in [-0.2, 0) is 16.3 Å². The highest BCUT2D eigenvalue weighted by molar-refractivity contribution is 7.86. The molecule has 3 aromatic rings. The molecule has 0 saturated heterocycles. The zero-order valence-corrected chi connectivity index (χ0v) is 12.9. The van der Waals surface area contributed by atoms with Crippen molar-refractivity contribution in [2.75, 3.05) is 0 Å². The average molecular weight is 352 g/mol. The maximum Gasteiger partial charge on any atom is 0.416 e. The maximum atomic E-state index is 12.7. The van der Waals surface area contributed by atoms with Gasteiger partial charge in [-0.3, -0.25) is 4.55 Å². The summed E-state index contributed by atoms with van der Waals surface area (Å²) in [5, 5.41) is 0.824. The summed E-state index contributed by atoms with van der Waals surface area (Å²) in [5.74, 6) is 0. The van der Waals surface area contributed by atoms with Crippen LogP contribution < -0.4 is 0 Å². The number of hydrogen-bond acceptors (Lipinski definition) is 2. The van der Waals surface area contributed by atoms with E-state index >= 15 is 0 Å². The van der Waals surface area contributed by atoms with Crippen LogP contribution in [0.3, 0.4) is 0 Å². The first kappa shape index (κ1) is 16.5. The van der Waals surface area contributed by atoms with Crippen LogP contribution in [0.5, 0.6) is 0 Å². The van der Waals surface area contributed by atoms with E-state index in [-0.39, 0.29) is 4.90 Å². The van der Waals surface area contributed by atoms with E-state index in [1.54, 1.807) is 18.2 Å². The molecule has 0 saturated carbocycles. The number of alkyl halides is 3. The van der Waals surface area contributed by atoms with Crippen LogP contribution in [0.1, 0.15) is 5.56 Å². The number of halogens is 3. The first-order chi connectivity index (χ1) is 11.2. The lowest BCUT2D eigenvalue weighted by molar-refractivity contribution is -0.137. The molecule has 24 heavy (non-hydrogen) atoms. The second kappa shape index (κ2) is 5.61. The zero-order valence-electron chi connectivity index (χ0n) is 12.1. The molecule has 0 fully saturated rings. The zero-order chi connectivity index (χ0) is 17.5. The van der Waals surface area contributed by atoms with E-state index in [1.165, 1.54) is 30.3 Å². The molecule has 0 aromatic heterocycles. The summed E-state index contributed by atoms with van der Waals surface area (Å²) in [6.07, 6.45) is -4.42. The molecule has 0 spiro atoms. The molecule has 0 radical (unpaired) electrons. The molecular weight excluding hydrogens is 341 g/mol. The van der Waals surface area contributed by atoms with Crippen molar-refractivity contribution in [1.29, 1.82) is 0 Å². The summed E-state index contributed by atoms with van der Waals surface area (Å²) in [4.78, 5) is -0.242. The van der Waals surface area contributed by atoms with Crippen molar-refractivity contribution in [3.63, 3.8) is 0 Å². The van der Waals surface area contributed by atoms with E-state index in [0.29, 0.717) is 21.9 Å². The normalized spacial score (nSPS) is 12.5. The van der Waals surface area contributed by atoms with Crippen molar-refractivity contribution in [1.82, 2.24) is 0 Å². The largest absolute Gasteiger partial charge is 0.416 e. The summed E-state index contributed by atoms with van der Waals surface area (Å²) >= 11 is 0. The summed E-state index contributed by atoms with van der Waals surface area (Å²) in [6.45, 7) is 0. The number of fused-ring (bicyclic) bond motifs is 1. The molecule has 0 unspecified atom stereocenters. The van der Waals surface area contributed by atoms with Crippen LogP contribution in [0.2, 0.25) is 0 Å². The molecule has 3 rings (SSSR count). The highest BCUT2D eigenvalue weighted by Gasteiger charge is 2.30. The van der Waals surface area contributed by atoms with E-state index in [0.717, 1.165) is 12.1 Å². The summed E-state index contributed by atoms with van der Waals surface area (Å²) in [5.41, 5.74) is 0.331. The highest BCUT2D eigenvalue weighted by atomic mass is 32.2. The third kappa shape index (κ3) is 3.00. The van der Waals surface area contributed by atoms with Crippen LogP contribution in [0, 0.1) is 0 Å². The third-order valence-electron chi connectivity index (χ3n) is 3.69. The number of benzene rings is 3. The Morgan fingerprint density at radius 1 is 0.792 bits per heavy atom. The quantitative estimate of drug-likeness (QED) is 0.676. The van der Waals surface area contributed by atoms with E-state index in [2.05, 4.69) is 0 Å². The minimum absolute atomic E-state index is 0.242. The van der Waals surface area contributed by atoms with Gasteiger partial charge in [-0.15, -0.1) is 0 Å². The van der Waals surface area contributed by atoms with Gasteiger partial charge in [0.2, 0.25) is 0 Å². The first-order valence-corrected chi connectivity index (χ1v) is 8.29. The SMILES string of the molecule is O=S(=O)(O)c1ccc(-c2ccc(C(F)(F)F)cc2)c2ccccc12. The predicted molar refractivity (Wildman–Crippen MR) is 84.2 cm³/mol. The Labute approximate surface area is 136 Å². The molecule has 7 heteroatoms. The first-order valence-electron chi connectivity index (χ1n) is 6.85. The van der Waals surface area contributed by atoms with Gasteiger partial charge in [0.05, 0.1) is 5.56 Å². The second-order valence-electron chi connectivity index (χ2n) is 5.21. The van der Waals surface area contributed by atoms with Crippen molar-refractivity contribution < 1.29 is 26.1 Å². The Kier molecular flexibility index (Phi) is 3.85. The highest BCUT2D eigenvalue weighted by Crippen LogP contribution is 2.35. The van der Waals surface area contributed by atoms with Crippen LogP contribution >= 0.6 is 0 Å². The average Bonchev–Trinajstić information content (AvgIpc) is 2.52. The van der Waals surface area contributed by atoms with Crippen molar-refractivity contribution in [3.8, 4) is 11.1 Å². The molecule has 0 bridgehead atoms. The van der Waals surface area contributed by atoms with Crippen molar-refractivity contribution in [2.24, 2.45) is 0 Å². The van der Waals surface area contributed by atoms with Gasteiger partial charge in [0.15, 0.2) is 0 Å². The minimum Gasteiger partial charge on any atom is -0.282 e. The second-order valence-corrected chi connectivity index (χ2v) is 6.60. The van der Waals surface area contributed by atoms with Gasteiger partial charge in [-0.25, -0.2) is 0 Å². The summed E-state index contributed by atoms with van der Waals surface area (Å²) in [7, 11) is -4.40. The molecular formula is C17H11F3O3S. The van der Waals surface area contributed by atoms with Crippen LogP contribution in [-0.4, -0.2) is 13.0 Å². The molecule has 0 aliphatic rings. The number of rotatable bonds is 2. The fraction of sp³-hybridized carbons (Fsp3) is 0.0588. The fourth-order valence-electron chi connectivity index (χ4n) is 2.59. The standard InChI is InChI=1S/C17H11F3O3S/c18-17(19,20)12-7-5-11(6-8-12)13-9-10-16(24(21,22)23)15-4-2-1-3-14(13)15/h1-10H,(H,21,22,23). The Morgan fingerprint density at radius 3 is 1.92 bits per heavy atom. The Hall–Kier alpha value is -2.38. The maximum absolute atomic E-state index is 12.7. The third-order valence-corrected chi connectivity index (χ3v) is 4.60. The molecule has 1 N–H and O–H groups in total. The molecule has 3 nitrogen and oxygen atoms in total. The molecule has 0 amide bonds. The van der Waals surface area contributed by atoms with Crippen molar-refractivity contribution in [3.05, 3.63) is 66.2 Å². The Balaban J connectivity index is 2.22. The van der Waals surface area contributed by atoms with E-state index < -0.39 is 21.9 Å². The summed E-state index contributed by atoms with van der Waals surface area (Å²) < 4.78 is 70.3. The molecule has 0 aliphatic heterocycles. The van der Waals surface area contributed by atoms with Gasteiger partial charge in [-0.1, -0.05) is 42.5 Å². The Bertz CT molecular complexity index is 1010. The fourth-order valence-corrected chi connectivity index (χ4v) is 3.28. The topological polar surface area (TPSA) is 54.4 Å². The van der Waals surface area contributed by atoms with Crippen molar-refractivity contribution >= 4 is 20.9 Å². The molecule has 0 atom stereocenters. The van der Waals surface area contributed by atoms with Crippen LogP contribution in [0.25, 0.3) is 21.9 Å². The number of hydrogen-bond donors (Lipinski definition) is 1. The van der Waals surface area contributed by atoms with Crippen LogP contribution in [0.4, 0.5) is 13.2 Å². The lowest BCUT2D eigenvalue weighted by atomic mass is 9.97. The lowest BCUT2D eigenvalue weighted by Crippen LogP contribution is -2.04. The Morgan fingerprint density at radius 2 is 1.38 bits per heavy atom. The van der Waals surface area contributed by atoms with Gasteiger partial charge < -0.3 is 0 Å². The van der Waals surface area contributed by atoms with Crippen LogP contribution in [0.15, 0.2) is 65.6 Å². The minimum atomic E-state index is -4.42. The molecule has 124 valence electrons. The molecule has 0 aliphatic carbocycles.